The standard InChI is InChI=1S/C25H25N3O3S2/c1-15-10-11-19-20(12-15)33-24(21(19)22(26)29)28-25(32)27-23(30)17-8-5-9-18(13-17)31-14-16-6-3-2-4-7-16/h2-9,13,15H,10-12,14H2,1H3,(H2,26,29)(H2,27,28,30,32)/t15-/m0/s1. The van der Waals surface area contributed by atoms with Gasteiger partial charge in [0.15, 0.2) is 5.11 Å². The first-order valence-corrected chi connectivity index (χ1v) is 12.0. The van der Waals surface area contributed by atoms with Crippen molar-refractivity contribution in [2.45, 2.75) is 32.8 Å². The topological polar surface area (TPSA) is 93.4 Å². The predicted octanol–water partition coefficient (Wildman–Crippen LogP) is 4.68. The van der Waals surface area contributed by atoms with Gasteiger partial charge in [-0.15, -0.1) is 11.3 Å². The van der Waals surface area contributed by atoms with Crippen LogP contribution in [0.15, 0.2) is 54.6 Å². The van der Waals surface area contributed by atoms with E-state index in [1.807, 2.05) is 30.3 Å². The summed E-state index contributed by atoms with van der Waals surface area (Å²) in [6.07, 6.45) is 2.76. The number of anilines is 1. The molecule has 1 heterocycles. The molecular formula is C25H25N3O3S2. The van der Waals surface area contributed by atoms with Crippen LogP contribution in [0.1, 0.15) is 50.1 Å². The average Bonchev–Trinajstić information content (AvgIpc) is 3.15. The first-order chi connectivity index (χ1) is 15.9. The van der Waals surface area contributed by atoms with Crippen LogP contribution in [0.5, 0.6) is 5.75 Å². The zero-order valence-electron chi connectivity index (χ0n) is 18.2. The first-order valence-electron chi connectivity index (χ1n) is 10.7. The molecule has 1 aromatic heterocycles. The number of amides is 2. The van der Waals surface area contributed by atoms with Crippen LogP contribution in [0, 0.1) is 5.92 Å². The van der Waals surface area contributed by atoms with E-state index < -0.39 is 5.91 Å². The summed E-state index contributed by atoms with van der Waals surface area (Å²) >= 11 is 6.83. The highest BCUT2D eigenvalue weighted by Gasteiger charge is 2.27. The average molecular weight is 480 g/mol. The summed E-state index contributed by atoms with van der Waals surface area (Å²) < 4.78 is 5.80. The smallest absolute Gasteiger partial charge is 0.257 e. The molecule has 0 aliphatic heterocycles. The molecule has 4 N–H and O–H groups in total. The van der Waals surface area contributed by atoms with Gasteiger partial charge in [0.1, 0.15) is 17.4 Å². The van der Waals surface area contributed by atoms with Crippen LogP contribution >= 0.6 is 23.6 Å². The van der Waals surface area contributed by atoms with Gasteiger partial charge in [-0.3, -0.25) is 14.9 Å². The molecule has 0 saturated heterocycles. The summed E-state index contributed by atoms with van der Waals surface area (Å²) in [7, 11) is 0. The summed E-state index contributed by atoms with van der Waals surface area (Å²) in [6.45, 7) is 2.60. The van der Waals surface area contributed by atoms with Crippen LogP contribution in [0.3, 0.4) is 0 Å². The number of rotatable bonds is 6. The maximum Gasteiger partial charge on any atom is 0.257 e. The van der Waals surface area contributed by atoms with Crippen LogP contribution in [0.2, 0.25) is 0 Å². The van der Waals surface area contributed by atoms with Crippen LogP contribution < -0.4 is 21.1 Å². The van der Waals surface area contributed by atoms with Gasteiger partial charge in [0.2, 0.25) is 0 Å². The van der Waals surface area contributed by atoms with Crippen LogP contribution in [-0.2, 0) is 19.4 Å². The zero-order valence-corrected chi connectivity index (χ0v) is 19.9. The second-order valence-electron chi connectivity index (χ2n) is 8.13. The largest absolute Gasteiger partial charge is 0.489 e. The molecule has 33 heavy (non-hydrogen) atoms. The molecular weight excluding hydrogens is 454 g/mol. The molecule has 0 bridgehead atoms. The fraction of sp³-hybridized carbons (Fsp3) is 0.240. The Morgan fingerprint density at radius 3 is 2.73 bits per heavy atom. The second-order valence-corrected chi connectivity index (χ2v) is 9.64. The van der Waals surface area contributed by atoms with Gasteiger partial charge in [-0.05, 0) is 66.7 Å². The number of ether oxygens (including phenoxy) is 1. The number of hydrogen-bond donors (Lipinski definition) is 3. The quantitative estimate of drug-likeness (QED) is 0.447. The van der Waals surface area contributed by atoms with E-state index in [4.69, 9.17) is 22.7 Å². The fourth-order valence-electron chi connectivity index (χ4n) is 3.88. The van der Waals surface area contributed by atoms with Gasteiger partial charge in [0.25, 0.3) is 11.8 Å². The highest BCUT2D eigenvalue weighted by Crippen LogP contribution is 2.39. The number of primary amides is 1. The molecule has 1 atom stereocenters. The maximum absolute atomic E-state index is 12.7. The number of thiocarbonyl (C=S) groups is 1. The SMILES string of the molecule is C[C@H]1CCc2c(sc(NC(=S)NC(=O)c3cccc(OCc4ccccc4)c3)c2C(N)=O)C1. The maximum atomic E-state index is 12.7. The Morgan fingerprint density at radius 1 is 1.18 bits per heavy atom. The second kappa shape index (κ2) is 10.1. The van der Waals surface area contributed by atoms with E-state index in [1.54, 1.807) is 24.3 Å². The van der Waals surface area contributed by atoms with Crippen LogP contribution in [0.4, 0.5) is 5.00 Å². The van der Waals surface area contributed by atoms with E-state index in [1.165, 1.54) is 11.3 Å². The van der Waals surface area contributed by atoms with Gasteiger partial charge in [0.05, 0.1) is 5.56 Å². The summed E-state index contributed by atoms with van der Waals surface area (Å²) in [6, 6.07) is 16.7. The molecule has 0 fully saturated rings. The summed E-state index contributed by atoms with van der Waals surface area (Å²) in [5.74, 6) is 0.296. The number of hydrogen-bond acceptors (Lipinski definition) is 5. The molecule has 0 radical (unpaired) electrons. The van der Waals surface area contributed by atoms with E-state index in [-0.39, 0.29) is 11.0 Å². The van der Waals surface area contributed by atoms with Crippen LogP contribution in [-0.4, -0.2) is 16.9 Å². The Balaban J connectivity index is 1.41. The van der Waals surface area contributed by atoms with Crippen molar-refractivity contribution in [3.63, 3.8) is 0 Å². The molecule has 8 heteroatoms. The van der Waals surface area contributed by atoms with E-state index in [0.717, 1.165) is 35.3 Å². The van der Waals surface area contributed by atoms with E-state index >= 15 is 0 Å². The van der Waals surface area contributed by atoms with E-state index in [9.17, 15) is 9.59 Å². The number of benzene rings is 2. The third-order valence-electron chi connectivity index (χ3n) is 5.56. The molecule has 1 aliphatic carbocycles. The Hall–Kier alpha value is -3.23. The lowest BCUT2D eigenvalue weighted by atomic mass is 9.88. The highest BCUT2D eigenvalue weighted by atomic mass is 32.1. The van der Waals surface area contributed by atoms with E-state index in [2.05, 4.69) is 17.6 Å². The fourth-order valence-corrected chi connectivity index (χ4v) is 5.56. The number of carbonyl (C=O) groups is 2. The number of fused-ring (bicyclic) bond motifs is 1. The lowest BCUT2D eigenvalue weighted by molar-refractivity contribution is 0.0975. The van der Waals surface area contributed by atoms with Crippen molar-refractivity contribution >= 4 is 45.5 Å². The third-order valence-corrected chi connectivity index (χ3v) is 6.93. The molecule has 0 unspecified atom stereocenters. The predicted molar refractivity (Wildman–Crippen MR) is 135 cm³/mol. The lowest BCUT2D eigenvalue weighted by Crippen LogP contribution is -2.34. The Kier molecular flexibility index (Phi) is 7.05. The first kappa shape index (κ1) is 22.9. The van der Waals surface area contributed by atoms with Crippen molar-refractivity contribution in [2.24, 2.45) is 11.7 Å². The molecule has 2 amide bonds. The van der Waals surface area contributed by atoms with Gasteiger partial charge < -0.3 is 15.8 Å². The Bertz CT molecular complexity index is 1190. The minimum Gasteiger partial charge on any atom is -0.489 e. The molecule has 0 spiro atoms. The van der Waals surface area contributed by atoms with Gasteiger partial charge in [-0.2, -0.15) is 0 Å². The monoisotopic (exact) mass is 479 g/mol. The Morgan fingerprint density at radius 2 is 1.97 bits per heavy atom. The minimum absolute atomic E-state index is 0.116. The summed E-state index contributed by atoms with van der Waals surface area (Å²) in [5, 5.41) is 6.40. The summed E-state index contributed by atoms with van der Waals surface area (Å²) in [4.78, 5) is 26.0. The molecule has 3 aromatic rings. The summed E-state index contributed by atoms with van der Waals surface area (Å²) in [5.41, 5.74) is 8.60. The Labute approximate surface area is 202 Å². The van der Waals surface area contributed by atoms with Crippen LogP contribution in [0.25, 0.3) is 0 Å². The molecule has 6 nitrogen and oxygen atoms in total. The normalized spacial score (nSPS) is 14.8. The van der Waals surface area contributed by atoms with Gasteiger partial charge in [0, 0.05) is 10.4 Å². The molecule has 0 saturated carbocycles. The molecule has 1 aliphatic rings. The third kappa shape index (κ3) is 5.58. The van der Waals surface area contributed by atoms with Gasteiger partial charge in [-0.25, -0.2) is 0 Å². The number of nitrogens with two attached hydrogens (primary N) is 1. The lowest BCUT2D eigenvalue weighted by Gasteiger charge is -2.18. The number of thiophene rings is 1. The number of carbonyl (C=O) groups excluding carboxylic acids is 2. The zero-order chi connectivity index (χ0) is 23.4. The molecule has 4 rings (SSSR count). The number of nitrogens with one attached hydrogen (secondary N) is 2. The van der Waals surface area contributed by atoms with Crippen molar-refractivity contribution in [2.75, 3.05) is 5.32 Å². The van der Waals surface area contributed by atoms with Gasteiger partial charge in [-0.1, -0.05) is 43.3 Å². The van der Waals surface area contributed by atoms with Gasteiger partial charge >= 0.3 is 0 Å². The van der Waals surface area contributed by atoms with E-state index in [0.29, 0.717) is 34.4 Å². The van der Waals surface area contributed by atoms with Crippen molar-refractivity contribution in [3.8, 4) is 5.75 Å². The minimum atomic E-state index is -0.484. The van der Waals surface area contributed by atoms with Crippen molar-refractivity contribution in [1.29, 1.82) is 0 Å². The van der Waals surface area contributed by atoms with Crippen molar-refractivity contribution in [1.82, 2.24) is 5.32 Å². The highest BCUT2D eigenvalue weighted by molar-refractivity contribution is 7.80. The molecule has 170 valence electrons. The van der Waals surface area contributed by atoms with Crippen molar-refractivity contribution in [3.05, 3.63) is 81.7 Å². The van der Waals surface area contributed by atoms with Crippen molar-refractivity contribution < 1.29 is 14.3 Å². The molecule has 2 aromatic carbocycles.